The van der Waals surface area contributed by atoms with Crippen molar-refractivity contribution in [1.82, 2.24) is 9.80 Å². The maximum Gasteiger partial charge on any atom is 0.250 e. The summed E-state index contributed by atoms with van der Waals surface area (Å²) in [4.78, 5) is 30.6. The van der Waals surface area contributed by atoms with Crippen molar-refractivity contribution in [3.05, 3.63) is 59.4 Å². The largest absolute Gasteiger partial charge is 0.493 e. The summed E-state index contributed by atoms with van der Waals surface area (Å²) >= 11 is 0. The molecule has 1 atom stereocenters. The zero-order valence-electron chi connectivity index (χ0n) is 19.4. The van der Waals surface area contributed by atoms with Crippen LogP contribution in [0.3, 0.4) is 0 Å². The minimum absolute atomic E-state index is 0.0723. The van der Waals surface area contributed by atoms with Crippen LogP contribution in [0.4, 0.5) is 4.39 Å². The maximum atomic E-state index is 13.9. The van der Waals surface area contributed by atoms with E-state index in [1.165, 1.54) is 12.1 Å². The van der Waals surface area contributed by atoms with Crippen molar-refractivity contribution in [1.29, 1.82) is 0 Å². The van der Waals surface area contributed by atoms with E-state index >= 15 is 0 Å². The average molecular weight is 455 g/mol. The number of piperazine rings is 1. The first-order valence-corrected chi connectivity index (χ1v) is 11.5. The first-order valence-electron chi connectivity index (χ1n) is 11.5. The molecule has 1 aliphatic carbocycles. The van der Waals surface area contributed by atoms with E-state index in [4.69, 9.17) is 9.47 Å². The summed E-state index contributed by atoms with van der Waals surface area (Å²) in [5.41, 5.74) is 1.44. The first kappa shape index (κ1) is 23.1. The number of halogens is 1. The van der Waals surface area contributed by atoms with Crippen LogP contribution in [0.1, 0.15) is 49.8 Å². The summed E-state index contributed by atoms with van der Waals surface area (Å²) in [6.45, 7) is 2.53. The predicted molar refractivity (Wildman–Crippen MR) is 122 cm³/mol. The van der Waals surface area contributed by atoms with Gasteiger partial charge in [-0.2, -0.15) is 0 Å². The zero-order chi connectivity index (χ0) is 23.5. The molecule has 0 unspecified atom stereocenters. The van der Waals surface area contributed by atoms with E-state index in [0.29, 0.717) is 23.0 Å². The quantitative estimate of drug-likeness (QED) is 0.652. The Balaban J connectivity index is 1.70. The molecule has 2 aromatic rings. The second-order valence-electron chi connectivity index (χ2n) is 9.04. The number of methoxy groups -OCH3 is 2. The number of rotatable bonds is 6. The fraction of sp³-hybridized carbons (Fsp3) is 0.462. The SMILES string of the molecule is COc1ccc([C@@H]2C(=O)N(C3CCC(C)CC3)CC(=O)N2Cc2ccc(F)cc2)cc1OC. The molecule has 0 aromatic heterocycles. The molecule has 0 radical (unpaired) electrons. The van der Waals surface area contributed by atoms with E-state index < -0.39 is 6.04 Å². The van der Waals surface area contributed by atoms with Gasteiger partial charge in [-0.05, 0) is 67.0 Å². The fourth-order valence-electron chi connectivity index (χ4n) is 4.92. The molecule has 6 nitrogen and oxygen atoms in total. The molecule has 2 aromatic carbocycles. The molecule has 0 bridgehead atoms. The van der Waals surface area contributed by atoms with Gasteiger partial charge in [-0.1, -0.05) is 25.1 Å². The first-order chi connectivity index (χ1) is 15.9. The highest BCUT2D eigenvalue weighted by Gasteiger charge is 2.43. The molecular formula is C26H31FN2O4. The lowest BCUT2D eigenvalue weighted by atomic mass is 9.85. The number of amides is 2. The van der Waals surface area contributed by atoms with Crippen LogP contribution in [0.5, 0.6) is 11.5 Å². The molecular weight excluding hydrogens is 423 g/mol. The lowest BCUT2D eigenvalue weighted by molar-refractivity contribution is -0.160. The highest BCUT2D eigenvalue weighted by atomic mass is 19.1. The molecule has 33 heavy (non-hydrogen) atoms. The molecule has 7 heteroatoms. The van der Waals surface area contributed by atoms with Crippen molar-refractivity contribution in [3.63, 3.8) is 0 Å². The lowest BCUT2D eigenvalue weighted by Crippen LogP contribution is -2.58. The molecule has 4 rings (SSSR count). The van der Waals surface area contributed by atoms with E-state index in [0.717, 1.165) is 31.2 Å². The van der Waals surface area contributed by atoms with Crippen LogP contribution in [0.25, 0.3) is 0 Å². The summed E-state index contributed by atoms with van der Waals surface area (Å²) in [6.07, 6.45) is 3.94. The Bertz CT molecular complexity index is 1000. The van der Waals surface area contributed by atoms with Crippen molar-refractivity contribution >= 4 is 11.8 Å². The monoisotopic (exact) mass is 454 g/mol. The number of ether oxygens (including phenoxy) is 2. The second kappa shape index (κ2) is 9.81. The van der Waals surface area contributed by atoms with Crippen LogP contribution in [0.2, 0.25) is 0 Å². The lowest BCUT2D eigenvalue weighted by Gasteiger charge is -2.45. The Labute approximate surface area is 194 Å². The Morgan fingerprint density at radius 1 is 0.939 bits per heavy atom. The van der Waals surface area contributed by atoms with E-state index in [2.05, 4.69) is 6.92 Å². The summed E-state index contributed by atoms with van der Waals surface area (Å²) in [5.74, 6) is 1.17. The molecule has 0 spiro atoms. The smallest absolute Gasteiger partial charge is 0.250 e. The van der Waals surface area contributed by atoms with Gasteiger partial charge in [0.15, 0.2) is 11.5 Å². The number of nitrogens with zero attached hydrogens (tertiary/aromatic N) is 2. The van der Waals surface area contributed by atoms with E-state index in [1.807, 2.05) is 0 Å². The molecule has 2 aliphatic rings. The normalized spacial score (nSPS) is 23.6. The molecule has 176 valence electrons. The summed E-state index contributed by atoms with van der Waals surface area (Å²) in [6, 6.07) is 10.6. The van der Waals surface area contributed by atoms with E-state index in [-0.39, 0.29) is 36.8 Å². The fourth-order valence-corrected chi connectivity index (χ4v) is 4.92. The summed E-state index contributed by atoms with van der Waals surface area (Å²) in [5, 5.41) is 0. The number of hydrogen-bond acceptors (Lipinski definition) is 4. The third-order valence-corrected chi connectivity index (χ3v) is 6.87. The van der Waals surface area contributed by atoms with Crippen LogP contribution in [0.15, 0.2) is 42.5 Å². The molecule has 2 amide bonds. The highest BCUT2D eigenvalue weighted by molar-refractivity contribution is 5.96. The van der Waals surface area contributed by atoms with Gasteiger partial charge in [0, 0.05) is 12.6 Å². The number of carbonyl (C=O) groups is 2. The molecule has 1 saturated heterocycles. The molecule has 1 aliphatic heterocycles. The Hall–Kier alpha value is -3.09. The number of carbonyl (C=O) groups excluding carboxylic acids is 2. The highest BCUT2D eigenvalue weighted by Crippen LogP contribution is 2.37. The van der Waals surface area contributed by atoms with Crippen LogP contribution in [0, 0.1) is 11.7 Å². The summed E-state index contributed by atoms with van der Waals surface area (Å²) < 4.78 is 24.2. The predicted octanol–water partition coefficient (Wildman–Crippen LogP) is 4.33. The van der Waals surface area contributed by atoms with Crippen molar-refractivity contribution in [3.8, 4) is 11.5 Å². The van der Waals surface area contributed by atoms with Gasteiger partial charge in [0.25, 0.3) is 5.91 Å². The van der Waals surface area contributed by atoms with Gasteiger partial charge in [0.05, 0.1) is 14.2 Å². The van der Waals surface area contributed by atoms with Crippen molar-refractivity contribution in [2.24, 2.45) is 5.92 Å². The van der Waals surface area contributed by atoms with Crippen LogP contribution >= 0.6 is 0 Å². The second-order valence-corrected chi connectivity index (χ2v) is 9.04. The third-order valence-electron chi connectivity index (χ3n) is 6.87. The third kappa shape index (κ3) is 4.82. The van der Waals surface area contributed by atoms with Gasteiger partial charge >= 0.3 is 0 Å². The van der Waals surface area contributed by atoms with E-state index in [9.17, 15) is 14.0 Å². The minimum Gasteiger partial charge on any atom is -0.493 e. The van der Waals surface area contributed by atoms with Gasteiger partial charge in [0.2, 0.25) is 5.91 Å². The topological polar surface area (TPSA) is 59.1 Å². The Kier molecular flexibility index (Phi) is 6.86. The van der Waals surface area contributed by atoms with Crippen LogP contribution < -0.4 is 9.47 Å². The number of hydrogen-bond donors (Lipinski definition) is 0. The molecule has 1 saturated carbocycles. The molecule has 1 heterocycles. The molecule has 0 N–H and O–H groups in total. The molecule has 2 fully saturated rings. The van der Waals surface area contributed by atoms with E-state index in [1.54, 1.807) is 54.4 Å². The maximum absolute atomic E-state index is 13.9. The average Bonchev–Trinajstić information content (AvgIpc) is 2.83. The minimum atomic E-state index is -0.782. The van der Waals surface area contributed by atoms with Gasteiger partial charge in [-0.3, -0.25) is 9.59 Å². The van der Waals surface area contributed by atoms with Gasteiger partial charge in [-0.15, -0.1) is 0 Å². The summed E-state index contributed by atoms with van der Waals surface area (Å²) in [7, 11) is 3.10. The van der Waals surface area contributed by atoms with Crippen molar-refractivity contribution in [2.75, 3.05) is 20.8 Å². The van der Waals surface area contributed by atoms with Crippen LogP contribution in [-0.2, 0) is 16.1 Å². The van der Waals surface area contributed by atoms with Gasteiger partial charge < -0.3 is 19.3 Å². The van der Waals surface area contributed by atoms with Gasteiger partial charge in [0.1, 0.15) is 18.4 Å². The number of benzene rings is 2. The zero-order valence-corrected chi connectivity index (χ0v) is 19.4. The van der Waals surface area contributed by atoms with Crippen molar-refractivity contribution in [2.45, 2.75) is 51.2 Å². The Morgan fingerprint density at radius 3 is 2.24 bits per heavy atom. The Morgan fingerprint density at radius 2 is 1.61 bits per heavy atom. The van der Waals surface area contributed by atoms with Gasteiger partial charge in [-0.25, -0.2) is 4.39 Å². The van der Waals surface area contributed by atoms with Crippen molar-refractivity contribution < 1.29 is 23.5 Å². The van der Waals surface area contributed by atoms with Crippen LogP contribution in [-0.4, -0.2) is 48.4 Å². The standard InChI is InChI=1S/C26H31FN2O4/c1-17-4-11-21(12-5-17)28-16-24(30)29(15-18-6-9-20(27)10-7-18)25(26(28)31)19-8-13-22(32-2)23(14-19)33-3/h6-10,13-14,17,21,25H,4-5,11-12,15-16H2,1-3H3/t17?,21?,25-/m1/s1.